The predicted octanol–water partition coefficient (Wildman–Crippen LogP) is 2.84. The zero-order valence-corrected chi connectivity index (χ0v) is 22.7. The fraction of sp³-hybridized carbons (Fsp3) is 0.520. The molecule has 1 amide bonds. The summed E-state index contributed by atoms with van der Waals surface area (Å²) in [4.78, 5) is 35.9. The lowest BCUT2D eigenvalue weighted by Crippen LogP contribution is -2.45. The van der Waals surface area contributed by atoms with Gasteiger partial charge in [0.15, 0.2) is 10.9 Å². The normalized spacial score (nSPS) is 17.2. The van der Waals surface area contributed by atoms with Gasteiger partial charge >= 0.3 is 0 Å². The van der Waals surface area contributed by atoms with Crippen molar-refractivity contribution in [2.75, 3.05) is 66.7 Å². The van der Waals surface area contributed by atoms with Crippen molar-refractivity contribution >= 4 is 46.5 Å². The zero-order chi connectivity index (χ0) is 26.9. The molecule has 2 saturated heterocycles. The number of terminal acetylenes is 1. The van der Waals surface area contributed by atoms with Gasteiger partial charge in [-0.05, 0) is 39.7 Å². The minimum Gasteiger partial charge on any atom is -0.341 e. The third kappa shape index (κ3) is 7.39. The maximum atomic E-state index is 9.84. The van der Waals surface area contributed by atoms with Crippen molar-refractivity contribution in [2.45, 2.75) is 38.5 Å². The molecule has 202 valence electrons. The summed E-state index contributed by atoms with van der Waals surface area (Å²) in [5, 5.41) is 13.9. The fourth-order valence-corrected chi connectivity index (χ4v) is 4.83. The molecular weight excluding hydrogens is 502 g/mol. The van der Waals surface area contributed by atoms with Crippen molar-refractivity contribution in [3.63, 3.8) is 0 Å². The molecular formula is C25H35N11OS. The van der Waals surface area contributed by atoms with E-state index in [1.807, 2.05) is 6.92 Å². The van der Waals surface area contributed by atoms with Gasteiger partial charge < -0.3 is 25.3 Å². The number of rotatable bonds is 7. The molecule has 0 aromatic carbocycles. The van der Waals surface area contributed by atoms with Crippen molar-refractivity contribution in [3.8, 4) is 12.8 Å². The number of carbonyl (C=O) groups is 1. The van der Waals surface area contributed by atoms with E-state index in [-0.39, 0.29) is 0 Å². The fourth-order valence-electron chi connectivity index (χ4n) is 4.21. The van der Waals surface area contributed by atoms with Gasteiger partial charge in [-0.15, -0.1) is 24.2 Å². The average molecular weight is 538 g/mol. The van der Waals surface area contributed by atoms with E-state index in [0.29, 0.717) is 23.4 Å². The van der Waals surface area contributed by atoms with Crippen molar-refractivity contribution < 1.29 is 4.79 Å². The van der Waals surface area contributed by atoms with Crippen LogP contribution in [0.3, 0.4) is 0 Å². The van der Waals surface area contributed by atoms with Crippen molar-refractivity contribution in [2.24, 2.45) is 0 Å². The molecule has 0 bridgehead atoms. The Balaban J connectivity index is 0.000000259. The zero-order valence-electron chi connectivity index (χ0n) is 21.9. The van der Waals surface area contributed by atoms with Crippen LogP contribution in [0.2, 0.25) is 0 Å². The topological polar surface area (TPSA) is 131 Å². The summed E-state index contributed by atoms with van der Waals surface area (Å²) in [7, 11) is 2.16. The molecule has 12 nitrogen and oxygen atoms in total. The van der Waals surface area contributed by atoms with Crippen LogP contribution >= 0.6 is 11.3 Å². The second-order valence-electron chi connectivity index (χ2n) is 9.39. The number of H-pyrrole nitrogens is 1. The highest BCUT2D eigenvalue weighted by Gasteiger charge is 2.26. The number of aryl methyl sites for hydroxylation is 1. The van der Waals surface area contributed by atoms with Crippen LogP contribution in [0, 0.1) is 19.8 Å². The van der Waals surface area contributed by atoms with Crippen molar-refractivity contribution in [1.82, 2.24) is 35.0 Å². The van der Waals surface area contributed by atoms with Crippen LogP contribution in [0.15, 0.2) is 12.3 Å². The van der Waals surface area contributed by atoms with E-state index in [1.165, 1.54) is 42.7 Å². The standard InChI is InChI=1S/C18H27N9.C5H6N2OS.C2H2/c1-25-8-10-27(11-9-25)18-21-16(20-17(22-18)26-6-2-3-7-26)19-15-12-14(23-24-15)13-4-5-13;1-4-2-6-5(9-4)7-3-8;1-2/h12-13H,2-11H2,1H3,(H2,19,20,21,22,23,24);2-3H,1H3,(H,6,7,8);1-2H. The minimum atomic E-state index is 0.578. The lowest BCUT2D eigenvalue weighted by atomic mass is 10.3. The summed E-state index contributed by atoms with van der Waals surface area (Å²) in [6.45, 7) is 7.89. The van der Waals surface area contributed by atoms with Crippen LogP contribution in [0.5, 0.6) is 0 Å². The first-order valence-corrected chi connectivity index (χ1v) is 13.6. The maximum Gasteiger partial charge on any atom is 0.235 e. The Hall–Kier alpha value is -3.76. The number of hydrogen-bond donors (Lipinski definition) is 3. The van der Waals surface area contributed by atoms with Crippen molar-refractivity contribution in [1.29, 1.82) is 0 Å². The molecule has 0 atom stereocenters. The van der Waals surface area contributed by atoms with Gasteiger partial charge in [0.1, 0.15) is 0 Å². The van der Waals surface area contributed by atoms with E-state index in [4.69, 9.17) is 15.0 Å². The second-order valence-corrected chi connectivity index (χ2v) is 10.6. The van der Waals surface area contributed by atoms with Gasteiger partial charge in [0.05, 0.1) is 0 Å². The SMILES string of the molecule is C#C.CN1CCN(c2nc(Nc3cc(C4CC4)[nH]n3)nc(N3CCCC3)n2)CC1.Cc1cnc(NC=O)s1. The summed E-state index contributed by atoms with van der Waals surface area (Å²) >= 11 is 1.46. The first-order chi connectivity index (χ1) is 18.6. The van der Waals surface area contributed by atoms with Crippen LogP contribution in [-0.2, 0) is 4.79 Å². The number of piperazine rings is 1. The summed E-state index contributed by atoms with van der Waals surface area (Å²) in [6, 6.07) is 2.08. The number of aromatic amines is 1. The Bertz CT molecular complexity index is 1190. The van der Waals surface area contributed by atoms with E-state index in [9.17, 15) is 4.79 Å². The highest BCUT2D eigenvalue weighted by atomic mass is 32.1. The molecule has 6 rings (SSSR count). The highest BCUT2D eigenvalue weighted by molar-refractivity contribution is 7.15. The predicted molar refractivity (Wildman–Crippen MR) is 151 cm³/mol. The maximum absolute atomic E-state index is 9.84. The number of anilines is 5. The molecule has 3 aromatic heterocycles. The summed E-state index contributed by atoms with van der Waals surface area (Å²) < 4.78 is 0. The minimum absolute atomic E-state index is 0.578. The number of likely N-dealkylation sites (N-methyl/N-ethyl adjacent to an activating group) is 1. The van der Waals surface area contributed by atoms with Crippen LogP contribution < -0.4 is 20.4 Å². The lowest BCUT2D eigenvalue weighted by Gasteiger charge is -2.32. The molecule has 0 spiro atoms. The first kappa shape index (κ1) is 27.3. The Morgan fingerprint density at radius 2 is 1.68 bits per heavy atom. The Morgan fingerprint density at radius 1 is 1.03 bits per heavy atom. The van der Waals surface area contributed by atoms with Gasteiger partial charge in [0.25, 0.3) is 0 Å². The number of hydrogen-bond acceptors (Lipinski definition) is 11. The average Bonchev–Trinajstić information content (AvgIpc) is 3.28. The number of thiazole rings is 1. The monoisotopic (exact) mass is 537 g/mol. The molecule has 3 fully saturated rings. The second kappa shape index (κ2) is 13.2. The number of aromatic nitrogens is 6. The molecule has 3 N–H and O–H groups in total. The van der Waals surface area contributed by atoms with E-state index in [2.05, 4.69) is 66.5 Å². The van der Waals surface area contributed by atoms with Gasteiger partial charge in [0.2, 0.25) is 24.3 Å². The number of nitrogens with one attached hydrogen (secondary N) is 3. The smallest absolute Gasteiger partial charge is 0.235 e. The molecule has 1 saturated carbocycles. The van der Waals surface area contributed by atoms with Gasteiger partial charge in [-0.1, -0.05) is 0 Å². The van der Waals surface area contributed by atoms with E-state index < -0.39 is 0 Å². The summed E-state index contributed by atoms with van der Waals surface area (Å²) in [6.07, 6.45) is 15.2. The Morgan fingerprint density at radius 3 is 2.26 bits per heavy atom. The highest BCUT2D eigenvalue weighted by Crippen LogP contribution is 2.39. The third-order valence-corrected chi connectivity index (χ3v) is 7.29. The third-order valence-electron chi connectivity index (χ3n) is 6.45. The van der Waals surface area contributed by atoms with Gasteiger partial charge in [-0.2, -0.15) is 20.1 Å². The van der Waals surface area contributed by atoms with Gasteiger partial charge in [0, 0.05) is 68.0 Å². The van der Waals surface area contributed by atoms with E-state index in [0.717, 1.165) is 61.9 Å². The molecule has 0 radical (unpaired) electrons. The lowest BCUT2D eigenvalue weighted by molar-refractivity contribution is -0.105. The van der Waals surface area contributed by atoms with Gasteiger partial charge in [-0.3, -0.25) is 9.89 Å². The Kier molecular flexibility index (Phi) is 9.45. The Labute approximate surface area is 227 Å². The molecule has 3 aromatic rings. The van der Waals surface area contributed by atoms with Crippen molar-refractivity contribution in [3.05, 3.63) is 22.8 Å². The van der Waals surface area contributed by atoms with E-state index in [1.54, 1.807) is 6.20 Å². The number of nitrogens with zero attached hydrogens (tertiary/aromatic N) is 8. The molecule has 3 aliphatic rings. The van der Waals surface area contributed by atoms with Gasteiger partial charge in [-0.25, -0.2) is 4.98 Å². The molecule has 13 heteroatoms. The number of amides is 1. The number of carbonyl (C=O) groups excluding carboxylic acids is 1. The van der Waals surface area contributed by atoms with Crippen LogP contribution in [-0.4, -0.2) is 87.8 Å². The molecule has 1 aliphatic carbocycles. The summed E-state index contributed by atoms with van der Waals surface area (Å²) in [5.74, 6) is 3.54. The van der Waals surface area contributed by atoms with Crippen LogP contribution in [0.1, 0.15) is 42.2 Å². The first-order valence-electron chi connectivity index (χ1n) is 12.8. The largest absolute Gasteiger partial charge is 0.341 e. The quantitative estimate of drug-likeness (QED) is 0.305. The van der Waals surface area contributed by atoms with Crippen LogP contribution in [0.4, 0.5) is 28.8 Å². The summed E-state index contributed by atoms with van der Waals surface area (Å²) in [5.41, 5.74) is 1.20. The molecule has 5 heterocycles. The van der Waals surface area contributed by atoms with Crippen LogP contribution in [0.25, 0.3) is 0 Å². The molecule has 0 unspecified atom stereocenters. The molecule has 2 aliphatic heterocycles. The molecule has 38 heavy (non-hydrogen) atoms. The van der Waals surface area contributed by atoms with E-state index >= 15 is 0 Å².